The number of benzene rings is 1. The average Bonchev–Trinajstić information content (AvgIpc) is 2.50. The van der Waals surface area contributed by atoms with E-state index in [-0.39, 0.29) is 30.7 Å². The number of fused-ring (bicyclic) bond motifs is 1. The number of carboxylic acid groups (broad SMARTS) is 1. The summed E-state index contributed by atoms with van der Waals surface area (Å²) in [5.41, 5.74) is -1.37. The van der Waals surface area contributed by atoms with Gasteiger partial charge in [-0.15, -0.1) is 0 Å². The molecule has 0 aliphatic heterocycles. The van der Waals surface area contributed by atoms with E-state index in [0.29, 0.717) is 5.39 Å². The summed E-state index contributed by atoms with van der Waals surface area (Å²) in [7, 11) is 2.88. The van der Waals surface area contributed by atoms with Crippen molar-refractivity contribution in [1.29, 1.82) is 0 Å². The summed E-state index contributed by atoms with van der Waals surface area (Å²) < 4.78 is 25.4. The van der Waals surface area contributed by atoms with Crippen LogP contribution in [0.3, 0.4) is 0 Å². The molecule has 0 spiro atoms. The van der Waals surface area contributed by atoms with Crippen LogP contribution in [0.1, 0.15) is 10.4 Å². The van der Waals surface area contributed by atoms with Gasteiger partial charge in [-0.25, -0.2) is 9.59 Å². The summed E-state index contributed by atoms with van der Waals surface area (Å²) in [5.74, 6) is -0.960. The third-order valence-corrected chi connectivity index (χ3v) is 2.70. The second-order valence-corrected chi connectivity index (χ2v) is 4.17. The Morgan fingerprint density at radius 2 is 1.86 bits per heavy atom. The highest BCUT2D eigenvalue weighted by atomic mass is 16.7. The van der Waals surface area contributed by atoms with E-state index in [1.165, 1.54) is 20.3 Å². The Morgan fingerprint density at radius 3 is 2.50 bits per heavy atom. The highest BCUT2D eigenvalue weighted by Crippen LogP contribution is 2.35. The first kappa shape index (κ1) is 15.8. The zero-order valence-electron chi connectivity index (χ0n) is 12.0. The SMILES string of the molecule is COCOc1ccc2cc(C(=O)O)c(=O)oc2c1OCOC. The van der Waals surface area contributed by atoms with Gasteiger partial charge in [0.05, 0.1) is 0 Å². The van der Waals surface area contributed by atoms with Crippen molar-refractivity contribution in [3.63, 3.8) is 0 Å². The molecule has 0 bridgehead atoms. The van der Waals surface area contributed by atoms with Gasteiger partial charge in [0.2, 0.25) is 5.75 Å². The van der Waals surface area contributed by atoms with Gasteiger partial charge in [0, 0.05) is 19.6 Å². The first-order valence-electron chi connectivity index (χ1n) is 6.16. The van der Waals surface area contributed by atoms with E-state index in [1.807, 2.05) is 0 Å². The van der Waals surface area contributed by atoms with Crippen LogP contribution in [0.5, 0.6) is 11.5 Å². The molecule has 2 rings (SSSR count). The van der Waals surface area contributed by atoms with Gasteiger partial charge in [0.15, 0.2) is 24.9 Å². The van der Waals surface area contributed by atoms with Gasteiger partial charge in [0.1, 0.15) is 5.56 Å². The van der Waals surface area contributed by atoms with Crippen molar-refractivity contribution < 1.29 is 33.3 Å². The predicted molar refractivity (Wildman–Crippen MR) is 74.5 cm³/mol. The third-order valence-electron chi connectivity index (χ3n) is 2.70. The highest BCUT2D eigenvalue weighted by Gasteiger charge is 2.18. The monoisotopic (exact) mass is 310 g/mol. The number of rotatable bonds is 7. The molecule has 2 aromatic rings. The molecule has 8 heteroatoms. The van der Waals surface area contributed by atoms with E-state index in [2.05, 4.69) is 0 Å². The third kappa shape index (κ3) is 3.18. The minimum Gasteiger partial charge on any atom is -0.477 e. The Bertz CT molecular complexity index is 733. The molecule has 1 heterocycles. The zero-order chi connectivity index (χ0) is 16.1. The second-order valence-electron chi connectivity index (χ2n) is 4.17. The van der Waals surface area contributed by atoms with Crippen molar-refractivity contribution in [2.24, 2.45) is 0 Å². The maximum atomic E-state index is 11.7. The summed E-state index contributed by atoms with van der Waals surface area (Å²) in [4.78, 5) is 22.7. The van der Waals surface area contributed by atoms with Crippen molar-refractivity contribution in [2.75, 3.05) is 27.8 Å². The summed E-state index contributed by atoms with van der Waals surface area (Å²) in [6.07, 6.45) is 0. The van der Waals surface area contributed by atoms with Crippen LogP contribution in [0.25, 0.3) is 11.0 Å². The fourth-order valence-corrected chi connectivity index (χ4v) is 1.78. The van der Waals surface area contributed by atoms with Crippen molar-refractivity contribution in [2.45, 2.75) is 0 Å². The molecular formula is C14H14O8. The molecule has 0 radical (unpaired) electrons. The molecule has 0 saturated carbocycles. The van der Waals surface area contributed by atoms with Crippen LogP contribution in [0.15, 0.2) is 27.4 Å². The topological polar surface area (TPSA) is 104 Å². The molecule has 0 aliphatic rings. The lowest BCUT2D eigenvalue weighted by molar-refractivity contribution is 0.0325. The lowest BCUT2D eigenvalue weighted by Crippen LogP contribution is -2.13. The van der Waals surface area contributed by atoms with Crippen molar-refractivity contribution in [1.82, 2.24) is 0 Å². The van der Waals surface area contributed by atoms with E-state index in [1.54, 1.807) is 12.1 Å². The standard InChI is InChI=1S/C14H14O8/c1-18-6-20-10-4-3-8-5-9(13(15)16)14(17)22-11(8)12(10)21-7-19-2/h3-5H,6-7H2,1-2H3,(H,15,16). The van der Waals surface area contributed by atoms with Crippen LogP contribution in [0.4, 0.5) is 0 Å². The largest absolute Gasteiger partial charge is 0.477 e. The molecule has 1 N–H and O–H groups in total. The van der Waals surface area contributed by atoms with Crippen LogP contribution in [-0.2, 0) is 9.47 Å². The average molecular weight is 310 g/mol. The molecule has 8 nitrogen and oxygen atoms in total. The molecule has 1 aromatic carbocycles. The number of hydrogen-bond donors (Lipinski definition) is 1. The first-order valence-corrected chi connectivity index (χ1v) is 6.16. The predicted octanol–water partition coefficient (Wildman–Crippen LogP) is 1.46. The van der Waals surface area contributed by atoms with Crippen molar-refractivity contribution in [3.8, 4) is 11.5 Å². The lowest BCUT2D eigenvalue weighted by Gasteiger charge is -2.13. The molecule has 0 saturated heterocycles. The Balaban J connectivity index is 2.61. The number of ether oxygens (including phenoxy) is 4. The van der Waals surface area contributed by atoms with E-state index >= 15 is 0 Å². The zero-order valence-corrected chi connectivity index (χ0v) is 12.0. The van der Waals surface area contributed by atoms with Crippen molar-refractivity contribution in [3.05, 3.63) is 34.2 Å². The summed E-state index contributed by atoms with van der Waals surface area (Å²) in [6, 6.07) is 4.32. The maximum absolute atomic E-state index is 11.7. The minimum atomic E-state index is -1.37. The van der Waals surface area contributed by atoms with Gasteiger partial charge in [0.25, 0.3) is 0 Å². The Kier molecular flexibility index (Phi) is 4.97. The number of carbonyl (C=O) groups is 1. The van der Waals surface area contributed by atoms with Gasteiger partial charge >= 0.3 is 11.6 Å². The van der Waals surface area contributed by atoms with E-state index in [0.717, 1.165) is 0 Å². The molecule has 0 atom stereocenters. The molecule has 0 amide bonds. The number of carboxylic acids is 1. The fraction of sp³-hybridized carbons (Fsp3) is 0.286. The summed E-state index contributed by atoms with van der Waals surface area (Å²) >= 11 is 0. The Morgan fingerprint density at radius 1 is 1.18 bits per heavy atom. The molecule has 0 unspecified atom stereocenters. The number of methoxy groups -OCH3 is 2. The Labute approximate surface area is 124 Å². The van der Waals surface area contributed by atoms with Gasteiger partial charge < -0.3 is 28.5 Å². The molecule has 0 fully saturated rings. The van der Waals surface area contributed by atoms with E-state index in [9.17, 15) is 9.59 Å². The van der Waals surface area contributed by atoms with Gasteiger partial charge in [-0.3, -0.25) is 0 Å². The molecule has 0 aliphatic carbocycles. The summed E-state index contributed by atoms with van der Waals surface area (Å²) in [6.45, 7) is -0.140. The van der Waals surface area contributed by atoms with E-state index in [4.69, 9.17) is 28.5 Å². The normalized spacial score (nSPS) is 10.6. The van der Waals surface area contributed by atoms with Gasteiger partial charge in [-0.05, 0) is 18.2 Å². The van der Waals surface area contributed by atoms with Crippen molar-refractivity contribution >= 4 is 16.9 Å². The smallest absolute Gasteiger partial charge is 0.351 e. The Hall–Kier alpha value is -2.58. The van der Waals surface area contributed by atoms with Crippen LogP contribution in [0.2, 0.25) is 0 Å². The quantitative estimate of drug-likeness (QED) is 0.605. The molecule has 1 aromatic heterocycles. The van der Waals surface area contributed by atoms with Crippen LogP contribution < -0.4 is 15.1 Å². The summed E-state index contributed by atoms with van der Waals surface area (Å²) in [5, 5.41) is 9.34. The molecule has 22 heavy (non-hydrogen) atoms. The lowest BCUT2D eigenvalue weighted by atomic mass is 10.1. The maximum Gasteiger partial charge on any atom is 0.351 e. The second kappa shape index (κ2) is 6.92. The fourth-order valence-electron chi connectivity index (χ4n) is 1.78. The van der Waals surface area contributed by atoms with Crippen LogP contribution in [0, 0.1) is 0 Å². The number of aromatic carboxylic acids is 1. The van der Waals surface area contributed by atoms with Crippen LogP contribution >= 0.6 is 0 Å². The van der Waals surface area contributed by atoms with Crippen LogP contribution in [-0.4, -0.2) is 38.9 Å². The minimum absolute atomic E-state index is 0.0354. The highest BCUT2D eigenvalue weighted by molar-refractivity contribution is 5.93. The van der Waals surface area contributed by atoms with E-state index < -0.39 is 17.2 Å². The first-order chi connectivity index (χ1) is 10.6. The number of hydrogen-bond acceptors (Lipinski definition) is 7. The van der Waals surface area contributed by atoms with Gasteiger partial charge in [-0.1, -0.05) is 0 Å². The van der Waals surface area contributed by atoms with Gasteiger partial charge in [-0.2, -0.15) is 0 Å². The molecule has 118 valence electrons. The molecular weight excluding hydrogens is 296 g/mol.